The third kappa shape index (κ3) is 7.75. The van der Waals surface area contributed by atoms with Gasteiger partial charge in [0.05, 0.1) is 6.61 Å². The Balaban J connectivity index is 1.99. The molecule has 1 aromatic carbocycles. The predicted molar refractivity (Wildman–Crippen MR) is 111 cm³/mol. The number of carbonyl (C=O) groups is 5. The molecule has 1 aliphatic heterocycles. The second-order valence-electron chi connectivity index (χ2n) is 7.45. The lowest BCUT2D eigenvalue weighted by atomic mass is 10.0. The molecule has 0 bridgehead atoms. The minimum absolute atomic E-state index is 0.0169. The molecule has 0 radical (unpaired) electrons. The highest BCUT2D eigenvalue weighted by molar-refractivity contribution is 5.95. The van der Waals surface area contributed by atoms with Crippen molar-refractivity contribution in [1.82, 2.24) is 15.8 Å². The molecular weight excluding hydrogens is 438 g/mol. The Labute approximate surface area is 190 Å². The van der Waals surface area contributed by atoms with Crippen LogP contribution in [0.3, 0.4) is 0 Å². The average molecular weight is 465 g/mol. The predicted octanol–water partition coefficient (Wildman–Crippen LogP) is 0.212. The highest BCUT2D eigenvalue weighted by Gasteiger charge is 2.53. The Kier molecular flexibility index (Phi) is 9.16. The number of ether oxygens (including phenoxy) is 3. The summed E-state index contributed by atoms with van der Waals surface area (Å²) >= 11 is 0. The second-order valence-corrected chi connectivity index (χ2v) is 7.45. The Morgan fingerprint density at radius 3 is 2.33 bits per heavy atom. The van der Waals surface area contributed by atoms with Crippen LogP contribution in [0.5, 0.6) is 0 Å². The standard InChI is InChI=1S/C21H27N3O9/c1-4-31-20(29)17-16(33-17)19(28)24(10-14(25)26)23-18(27)15(12(2)3)22-21(30)32-11-13-8-6-5-7-9-13/h5-9,12,15-17H,4,10-11H2,1-3H3,(H,22,30)(H,23,27)(H,25,26)/t15-,16-,17-/m0/s1. The van der Waals surface area contributed by atoms with Crippen molar-refractivity contribution >= 4 is 29.8 Å². The van der Waals surface area contributed by atoms with Crippen molar-refractivity contribution in [2.24, 2.45) is 5.92 Å². The summed E-state index contributed by atoms with van der Waals surface area (Å²) in [6.45, 7) is 4.05. The Morgan fingerprint density at radius 1 is 1.09 bits per heavy atom. The van der Waals surface area contributed by atoms with Crippen LogP contribution in [0.2, 0.25) is 0 Å². The summed E-state index contributed by atoms with van der Waals surface area (Å²) in [5.41, 5.74) is 2.93. The minimum Gasteiger partial charge on any atom is -0.480 e. The molecule has 12 nitrogen and oxygen atoms in total. The SMILES string of the molecule is CCOC(=O)[C@H]1O[C@@H]1C(=O)N(CC(=O)O)NC(=O)[C@@H](NC(=O)OCc1ccccc1)C(C)C. The van der Waals surface area contributed by atoms with Gasteiger partial charge >= 0.3 is 18.0 Å². The number of epoxide rings is 1. The van der Waals surface area contributed by atoms with Crippen molar-refractivity contribution in [3.63, 3.8) is 0 Å². The topological polar surface area (TPSA) is 164 Å². The van der Waals surface area contributed by atoms with E-state index in [4.69, 9.17) is 19.3 Å². The van der Waals surface area contributed by atoms with Crippen LogP contribution in [-0.2, 0) is 40.0 Å². The zero-order chi connectivity index (χ0) is 24.5. The van der Waals surface area contributed by atoms with Crippen LogP contribution in [0.15, 0.2) is 30.3 Å². The molecule has 1 saturated heterocycles. The van der Waals surface area contributed by atoms with Crippen LogP contribution in [0.4, 0.5) is 4.79 Å². The molecule has 1 aliphatic rings. The average Bonchev–Trinajstić information content (AvgIpc) is 3.56. The van der Waals surface area contributed by atoms with Gasteiger partial charge in [-0.2, -0.15) is 0 Å². The quantitative estimate of drug-likeness (QED) is 0.249. The van der Waals surface area contributed by atoms with Gasteiger partial charge in [-0.15, -0.1) is 0 Å². The number of hydrogen-bond acceptors (Lipinski definition) is 8. The van der Waals surface area contributed by atoms with Crippen LogP contribution in [0, 0.1) is 5.92 Å². The van der Waals surface area contributed by atoms with Crippen LogP contribution in [0.25, 0.3) is 0 Å². The highest BCUT2D eigenvalue weighted by atomic mass is 16.6. The number of benzene rings is 1. The highest BCUT2D eigenvalue weighted by Crippen LogP contribution is 2.25. The maximum atomic E-state index is 12.8. The van der Waals surface area contributed by atoms with Gasteiger partial charge in [-0.1, -0.05) is 44.2 Å². The number of alkyl carbamates (subject to hydrolysis) is 1. The molecule has 180 valence electrons. The fourth-order valence-electron chi connectivity index (χ4n) is 2.79. The number of amides is 3. The largest absolute Gasteiger partial charge is 0.480 e. The van der Waals surface area contributed by atoms with E-state index in [0.29, 0.717) is 5.01 Å². The molecule has 0 aromatic heterocycles. The number of nitrogens with one attached hydrogen (secondary N) is 2. The summed E-state index contributed by atoms with van der Waals surface area (Å²) in [5.74, 6) is -4.38. The number of hydrazine groups is 1. The number of aliphatic carboxylic acids is 1. The number of esters is 1. The number of carboxylic acids is 1. The molecule has 0 saturated carbocycles. The normalized spacial score (nSPS) is 17.5. The fraction of sp³-hybridized carbons (Fsp3) is 0.476. The van der Waals surface area contributed by atoms with Gasteiger partial charge < -0.3 is 24.6 Å². The van der Waals surface area contributed by atoms with Gasteiger partial charge in [-0.3, -0.25) is 19.8 Å². The van der Waals surface area contributed by atoms with Crippen LogP contribution >= 0.6 is 0 Å². The molecule has 3 amide bonds. The lowest BCUT2D eigenvalue weighted by molar-refractivity contribution is -0.151. The maximum absolute atomic E-state index is 12.8. The van der Waals surface area contributed by atoms with Crippen molar-refractivity contribution in [2.75, 3.05) is 13.2 Å². The summed E-state index contributed by atoms with van der Waals surface area (Å²) in [5, 5.41) is 12.0. The fourth-order valence-corrected chi connectivity index (χ4v) is 2.79. The van der Waals surface area contributed by atoms with Crippen LogP contribution < -0.4 is 10.7 Å². The van der Waals surface area contributed by atoms with Crippen molar-refractivity contribution in [1.29, 1.82) is 0 Å². The molecule has 3 atom stereocenters. The van der Waals surface area contributed by atoms with Crippen molar-refractivity contribution in [2.45, 2.75) is 45.6 Å². The van der Waals surface area contributed by atoms with E-state index in [-0.39, 0.29) is 13.2 Å². The third-order valence-corrected chi connectivity index (χ3v) is 4.49. The summed E-state index contributed by atoms with van der Waals surface area (Å²) in [7, 11) is 0. The van der Waals surface area contributed by atoms with Gasteiger partial charge in [-0.25, -0.2) is 14.6 Å². The molecule has 3 N–H and O–H groups in total. The van der Waals surface area contributed by atoms with Gasteiger partial charge in [-0.05, 0) is 18.4 Å². The van der Waals surface area contributed by atoms with E-state index in [0.717, 1.165) is 5.56 Å². The first-order chi connectivity index (χ1) is 15.6. The first-order valence-electron chi connectivity index (χ1n) is 10.3. The van der Waals surface area contributed by atoms with Crippen molar-refractivity contribution in [3.8, 4) is 0 Å². The molecule has 12 heteroatoms. The third-order valence-electron chi connectivity index (χ3n) is 4.49. The molecule has 2 rings (SSSR count). The molecule has 1 aromatic rings. The molecule has 1 heterocycles. The van der Waals surface area contributed by atoms with Crippen LogP contribution in [-0.4, -0.2) is 71.4 Å². The zero-order valence-corrected chi connectivity index (χ0v) is 18.5. The number of carbonyl (C=O) groups excluding carboxylic acids is 4. The zero-order valence-electron chi connectivity index (χ0n) is 18.5. The first-order valence-corrected chi connectivity index (χ1v) is 10.3. The Morgan fingerprint density at radius 2 is 1.76 bits per heavy atom. The molecule has 0 spiro atoms. The van der Waals surface area contributed by atoms with Crippen LogP contribution in [0.1, 0.15) is 26.3 Å². The summed E-state index contributed by atoms with van der Waals surface area (Å²) in [6, 6.07) is 7.76. The van der Waals surface area contributed by atoms with E-state index in [9.17, 15) is 24.0 Å². The number of rotatable bonds is 10. The van der Waals surface area contributed by atoms with Crippen molar-refractivity contribution in [3.05, 3.63) is 35.9 Å². The van der Waals surface area contributed by atoms with E-state index in [1.54, 1.807) is 45.0 Å². The summed E-state index contributed by atoms with van der Waals surface area (Å²) in [6.07, 6.45) is -3.31. The first kappa shape index (κ1) is 25.6. The van der Waals surface area contributed by atoms with E-state index < -0.39 is 60.6 Å². The molecular formula is C21H27N3O9. The van der Waals surface area contributed by atoms with E-state index >= 15 is 0 Å². The molecule has 0 unspecified atom stereocenters. The minimum atomic E-state index is -1.41. The van der Waals surface area contributed by atoms with Gasteiger partial charge in [0.15, 0.2) is 12.2 Å². The molecule has 1 fully saturated rings. The summed E-state index contributed by atoms with van der Waals surface area (Å²) in [4.78, 5) is 60.4. The lowest BCUT2D eigenvalue weighted by Crippen LogP contribution is -2.57. The molecule has 0 aliphatic carbocycles. The van der Waals surface area contributed by atoms with E-state index in [1.165, 1.54) is 0 Å². The molecule has 33 heavy (non-hydrogen) atoms. The van der Waals surface area contributed by atoms with E-state index in [2.05, 4.69) is 10.7 Å². The summed E-state index contributed by atoms with van der Waals surface area (Å²) < 4.78 is 14.9. The maximum Gasteiger partial charge on any atom is 0.408 e. The lowest BCUT2D eigenvalue weighted by Gasteiger charge is -2.26. The number of nitrogens with zero attached hydrogens (tertiary/aromatic N) is 1. The smallest absolute Gasteiger partial charge is 0.408 e. The van der Waals surface area contributed by atoms with E-state index in [1.807, 2.05) is 6.07 Å². The van der Waals surface area contributed by atoms with Gasteiger partial charge in [0, 0.05) is 0 Å². The van der Waals surface area contributed by atoms with Gasteiger partial charge in [0.25, 0.3) is 11.8 Å². The second kappa shape index (κ2) is 11.8. The van der Waals surface area contributed by atoms with Crippen molar-refractivity contribution < 1.29 is 43.3 Å². The number of carboxylic acid groups (broad SMARTS) is 1. The monoisotopic (exact) mass is 465 g/mol. The van der Waals surface area contributed by atoms with Gasteiger partial charge in [0.1, 0.15) is 19.2 Å². The number of hydrogen-bond donors (Lipinski definition) is 3. The Hall–Kier alpha value is -3.67. The van der Waals surface area contributed by atoms with Gasteiger partial charge in [0.2, 0.25) is 0 Å². The Bertz CT molecular complexity index is 875.